The lowest BCUT2D eigenvalue weighted by molar-refractivity contribution is 0.596. The van der Waals surface area contributed by atoms with Crippen LogP contribution in [0.1, 0.15) is 13.3 Å². The quantitative estimate of drug-likeness (QED) is 0.687. The van der Waals surface area contributed by atoms with E-state index in [0.29, 0.717) is 21.3 Å². The molecule has 1 aromatic heterocycles. The van der Waals surface area contributed by atoms with Crippen molar-refractivity contribution in [2.45, 2.75) is 24.8 Å². The van der Waals surface area contributed by atoms with Crippen LogP contribution in [0.2, 0.25) is 0 Å². The molecule has 0 amide bonds. The van der Waals surface area contributed by atoms with E-state index in [2.05, 4.69) is 5.10 Å². The third-order valence-corrected chi connectivity index (χ3v) is 5.97. The van der Waals surface area contributed by atoms with Crippen LogP contribution in [0.5, 0.6) is 0 Å². The molecule has 0 aliphatic heterocycles. The standard InChI is InChI=1S/C16H15ClFN3O3S/c1-2-9-20-15-8-5-12(10-14(15)16(22)19-20)21(17)25(23,24)13-6-3-11(18)4-7-13/h3-8,10H,2,9H2,1H3,(H,19,22). The van der Waals surface area contributed by atoms with E-state index in [4.69, 9.17) is 11.8 Å². The number of benzene rings is 2. The zero-order valence-corrected chi connectivity index (χ0v) is 14.8. The average molecular weight is 384 g/mol. The summed E-state index contributed by atoms with van der Waals surface area (Å²) < 4.78 is 40.4. The van der Waals surface area contributed by atoms with Crippen molar-refractivity contribution in [2.24, 2.45) is 0 Å². The van der Waals surface area contributed by atoms with Gasteiger partial charge in [-0.3, -0.25) is 14.6 Å². The first-order chi connectivity index (χ1) is 11.8. The number of aryl methyl sites for hydroxylation is 1. The maximum absolute atomic E-state index is 13.0. The number of rotatable bonds is 5. The van der Waals surface area contributed by atoms with E-state index >= 15 is 0 Å². The molecular weight excluding hydrogens is 369 g/mol. The van der Waals surface area contributed by atoms with Crippen LogP contribution >= 0.6 is 11.8 Å². The van der Waals surface area contributed by atoms with Crippen molar-refractivity contribution in [3.63, 3.8) is 0 Å². The zero-order valence-electron chi connectivity index (χ0n) is 13.2. The molecule has 9 heteroatoms. The molecule has 0 radical (unpaired) electrons. The fraction of sp³-hybridized carbons (Fsp3) is 0.188. The second-order valence-electron chi connectivity index (χ2n) is 5.47. The molecule has 25 heavy (non-hydrogen) atoms. The minimum absolute atomic E-state index is 0.123. The lowest BCUT2D eigenvalue weighted by Crippen LogP contribution is -2.21. The number of H-pyrrole nitrogens is 1. The van der Waals surface area contributed by atoms with Gasteiger partial charge < -0.3 is 0 Å². The van der Waals surface area contributed by atoms with Crippen LogP contribution in [-0.4, -0.2) is 18.2 Å². The Bertz CT molecular complexity index is 1070. The van der Waals surface area contributed by atoms with Gasteiger partial charge in [0, 0.05) is 18.3 Å². The zero-order chi connectivity index (χ0) is 18.2. The van der Waals surface area contributed by atoms with Crippen molar-refractivity contribution < 1.29 is 12.8 Å². The molecule has 0 saturated heterocycles. The molecule has 2 aromatic carbocycles. The summed E-state index contributed by atoms with van der Waals surface area (Å²) in [4.78, 5) is 11.9. The Morgan fingerprint density at radius 2 is 1.88 bits per heavy atom. The Labute approximate surface area is 148 Å². The molecule has 132 valence electrons. The summed E-state index contributed by atoms with van der Waals surface area (Å²) in [5.41, 5.74) is 0.465. The molecule has 0 fully saturated rings. The van der Waals surface area contributed by atoms with Crippen molar-refractivity contribution in [3.8, 4) is 0 Å². The molecular formula is C16H15ClFN3O3S. The minimum atomic E-state index is -4.08. The highest BCUT2D eigenvalue weighted by Crippen LogP contribution is 2.28. The number of nitrogens with one attached hydrogen (secondary N) is 1. The van der Waals surface area contributed by atoms with Gasteiger partial charge in [-0.2, -0.15) is 12.2 Å². The number of anilines is 1. The van der Waals surface area contributed by atoms with Crippen LogP contribution in [0.25, 0.3) is 10.9 Å². The normalized spacial score (nSPS) is 11.8. The number of nitrogens with zero attached hydrogens (tertiary/aromatic N) is 2. The molecule has 0 aliphatic rings. The van der Waals surface area contributed by atoms with Gasteiger partial charge in [-0.1, -0.05) is 6.92 Å². The number of hydrogen-bond acceptors (Lipinski definition) is 3. The Balaban J connectivity index is 2.05. The van der Waals surface area contributed by atoms with Crippen LogP contribution in [0.3, 0.4) is 0 Å². The number of hydrogen-bond donors (Lipinski definition) is 1. The van der Waals surface area contributed by atoms with Gasteiger partial charge in [-0.05, 0) is 48.9 Å². The Morgan fingerprint density at radius 1 is 1.20 bits per heavy atom. The molecule has 0 unspecified atom stereocenters. The molecule has 1 N–H and O–H groups in total. The maximum atomic E-state index is 13.0. The predicted octanol–water partition coefficient (Wildman–Crippen LogP) is 3.23. The van der Waals surface area contributed by atoms with E-state index in [1.54, 1.807) is 10.7 Å². The lowest BCUT2D eigenvalue weighted by Gasteiger charge is -2.16. The first-order valence-electron chi connectivity index (χ1n) is 7.54. The summed E-state index contributed by atoms with van der Waals surface area (Å²) in [6.45, 7) is 2.62. The van der Waals surface area contributed by atoms with Crippen molar-refractivity contribution in [1.29, 1.82) is 0 Å². The third kappa shape index (κ3) is 3.14. The monoisotopic (exact) mass is 383 g/mol. The minimum Gasteiger partial charge on any atom is -0.284 e. The fourth-order valence-electron chi connectivity index (χ4n) is 2.53. The molecule has 6 nitrogen and oxygen atoms in total. The Morgan fingerprint density at radius 3 is 2.52 bits per heavy atom. The average Bonchev–Trinajstić information content (AvgIpc) is 2.90. The smallest absolute Gasteiger partial charge is 0.278 e. The summed E-state index contributed by atoms with van der Waals surface area (Å²) in [7, 11) is -4.08. The summed E-state index contributed by atoms with van der Waals surface area (Å²) in [6.07, 6.45) is 0.835. The second-order valence-corrected chi connectivity index (χ2v) is 7.79. The number of fused-ring (bicyclic) bond motifs is 1. The van der Waals surface area contributed by atoms with E-state index in [9.17, 15) is 17.6 Å². The van der Waals surface area contributed by atoms with Crippen LogP contribution in [0.4, 0.5) is 10.1 Å². The topological polar surface area (TPSA) is 75.2 Å². The van der Waals surface area contributed by atoms with Gasteiger partial charge in [0.05, 0.1) is 21.5 Å². The molecule has 3 aromatic rings. The lowest BCUT2D eigenvalue weighted by atomic mass is 10.2. The highest BCUT2D eigenvalue weighted by Gasteiger charge is 2.24. The van der Waals surface area contributed by atoms with Crippen molar-refractivity contribution >= 4 is 38.4 Å². The van der Waals surface area contributed by atoms with Crippen molar-refractivity contribution in [2.75, 3.05) is 3.82 Å². The highest BCUT2D eigenvalue weighted by atomic mass is 35.5. The van der Waals surface area contributed by atoms with Gasteiger partial charge in [0.1, 0.15) is 5.82 Å². The SMILES string of the molecule is CCCn1[nH]c(=O)c2cc(N(Cl)S(=O)(=O)c3ccc(F)cc3)ccc21. The summed E-state index contributed by atoms with van der Waals surface area (Å²) >= 11 is 6.03. The molecule has 0 atom stereocenters. The van der Waals surface area contributed by atoms with Gasteiger partial charge >= 0.3 is 0 Å². The van der Waals surface area contributed by atoms with E-state index in [1.807, 2.05) is 6.92 Å². The van der Waals surface area contributed by atoms with E-state index in [0.717, 1.165) is 30.7 Å². The molecule has 0 bridgehead atoms. The molecule has 0 spiro atoms. The maximum Gasteiger partial charge on any atom is 0.278 e. The van der Waals surface area contributed by atoms with Crippen LogP contribution in [0, 0.1) is 5.82 Å². The van der Waals surface area contributed by atoms with Gasteiger partial charge in [0.15, 0.2) is 0 Å². The summed E-state index contributed by atoms with van der Waals surface area (Å²) in [6, 6.07) is 8.89. The predicted molar refractivity (Wildman–Crippen MR) is 94.8 cm³/mol. The summed E-state index contributed by atoms with van der Waals surface area (Å²) in [5, 5.41) is 3.04. The van der Waals surface area contributed by atoms with Crippen LogP contribution in [-0.2, 0) is 16.6 Å². The highest BCUT2D eigenvalue weighted by molar-refractivity contribution is 7.94. The van der Waals surface area contributed by atoms with Gasteiger partial charge in [-0.25, -0.2) is 4.39 Å². The van der Waals surface area contributed by atoms with Gasteiger partial charge in [-0.15, -0.1) is 0 Å². The third-order valence-electron chi connectivity index (χ3n) is 3.72. The van der Waals surface area contributed by atoms with E-state index < -0.39 is 15.8 Å². The van der Waals surface area contributed by atoms with E-state index in [1.165, 1.54) is 12.1 Å². The second kappa shape index (κ2) is 6.53. The van der Waals surface area contributed by atoms with Gasteiger partial charge in [0.2, 0.25) is 0 Å². The van der Waals surface area contributed by atoms with Gasteiger partial charge in [0.25, 0.3) is 15.6 Å². The van der Waals surface area contributed by atoms with Crippen LogP contribution < -0.4 is 9.38 Å². The van der Waals surface area contributed by atoms with Crippen LogP contribution in [0.15, 0.2) is 52.2 Å². The number of halogens is 2. The van der Waals surface area contributed by atoms with Crippen molar-refractivity contribution in [1.82, 2.24) is 9.78 Å². The molecule has 3 rings (SSSR count). The Hall–Kier alpha value is -2.32. The fourth-order valence-corrected chi connectivity index (χ4v) is 3.93. The number of aromatic amines is 1. The molecule has 1 heterocycles. The van der Waals surface area contributed by atoms with Crippen molar-refractivity contribution in [3.05, 3.63) is 58.6 Å². The Kier molecular flexibility index (Phi) is 4.57. The molecule has 0 aliphatic carbocycles. The molecule has 0 saturated carbocycles. The summed E-state index contributed by atoms with van der Waals surface area (Å²) in [5.74, 6) is -0.551. The number of aromatic nitrogens is 2. The first-order valence-corrected chi connectivity index (χ1v) is 9.31. The first kappa shape index (κ1) is 17.5. The largest absolute Gasteiger partial charge is 0.284 e. The number of sulfonamides is 1. The van der Waals surface area contributed by atoms with E-state index in [-0.39, 0.29) is 16.1 Å².